The molecule has 0 saturated carbocycles. The van der Waals surface area contributed by atoms with Gasteiger partial charge in [0, 0.05) is 5.38 Å². The minimum absolute atomic E-state index is 0.0252. The molecule has 0 aliphatic carbocycles. The third-order valence-electron chi connectivity index (χ3n) is 2.38. The predicted molar refractivity (Wildman–Crippen MR) is 81.0 cm³/mol. The minimum Gasteiger partial charge on any atom is -0.465 e. The van der Waals surface area contributed by atoms with Crippen LogP contribution in [-0.2, 0) is 9.47 Å². The second-order valence-electron chi connectivity index (χ2n) is 5.35. The molecule has 0 aliphatic rings. The van der Waals surface area contributed by atoms with Gasteiger partial charge in [0.2, 0.25) is 0 Å². The molecule has 8 heteroatoms. The Morgan fingerprint density at radius 3 is 2.73 bits per heavy atom. The molecule has 2 heterocycles. The van der Waals surface area contributed by atoms with Crippen molar-refractivity contribution in [3.05, 3.63) is 23.2 Å². The molecule has 2 aromatic rings. The van der Waals surface area contributed by atoms with Gasteiger partial charge < -0.3 is 13.9 Å². The molecule has 22 heavy (non-hydrogen) atoms. The monoisotopic (exact) mass is 324 g/mol. The summed E-state index contributed by atoms with van der Waals surface area (Å²) in [6.07, 6.45) is 0.807. The summed E-state index contributed by atoms with van der Waals surface area (Å²) in [4.78, 5) is 27.7. The van der Waals surface area contributed by atoms with Crippen LogP contribution < -0.4 is 5.32 Å². The number of anilines is 1. The zero-order valence-corrected chi connectivity index (χ0v) is 13.4. The van der Waals surface area contributed by atoms with Crippen molar-refractivity contribution in [3.8, 4) is 10.6 Å². The van der Waals surface area contributed by atoms with Crippen LogP contribution in [-0.4, -0.2) is 29.8 Å². The fourth-order valence-corrected chi connectivity index (χ4v) is 2.35. The van der Waals surface area contributed by atoms with Crippen LogP contribution in [0.15, 0.2) is 22.1 Å². The van der Waals surface area contributed by atoms with Crippen LogP contribution in [0, 0.1) is 0 Å². The van der Waals surface area contributed by atoms with E-state index in [1.165, 1.54) is 24.6 Å². The molecule has 0 unspecified atom stereocenters. The Labute approximate surface area is 131 Å². The highest BCUT2D eigenvalue weighted by Gasteiger charge is 2.19. The van der Waals surface area contributed by atoms with Crippen LogP contribution in [0.25, 0.3) is 10.6 Å². The van der Waals surface area contributed by atoms with Gasteiger partial charge in [-0.15, -0.1) is 11.3 Å². The second kappa shape index (κ2) is 6.18. The summed E-state index contributed by atoms with van der Waals surface area (Å²) < 4.78 is 15.2. The minimum atomic E-state index is -0.651. The van der Waals surface area contributed by atoms with Gasteiger partial charge in [-0.2, -0.15) is 0 Å². The van der Waals surface area contributed by atoms with Gasteiger partial charge in [0.05, 0.1) is 23.7 Å². The number of aromatic nitrogens is 1. The summed E-state index contributed by atoms with van der Waals surface area (Å²) in [7, 11) is 1.32. The number of oxazole rings is 1. The molecule has 2 rings (SSSR count). The van der Waals surface area contributed by atoms with E-state index in [9.17, 15) is 9.59 Å². The lowest BCUT2D eigenvalue weighted by Gasteiger charge is -2.18. The maximum absolute atomic E-state index is 11.6. The highest BCUT2D eigenvalue weighted by atomic mass is 32.1. The van der Waals surface area contributed by atoms with Crippen molar-refractivity contribution in [2.45, 2.75) is 26.4 Å². The van der Waals surface area contributed by atoms with Crippen molar-refractivity contribution in [3.63, 3.8) is 0 Å². The third kappa shape index (κ3) is 4.08. The van der Waals surface area contributed by atoms with E-state index in [2.05, 4.69) is 15.0 Å². The Bertz CT molecular complexity index is 683. The number of nitrogens with zero attached hydrogens (tertiary/aromatic N) is 1. The quantitative estimate of drug-likeness (QED) is 0.868. The van der Waals surface area contributed by atoms with Gasteiger partial charge >= 0.3 is 18.1 Å². The van der Waals surface area contributed by atoms with Gasteiger partial charge in [-0.05, 0) is 26.8 Å². The summed E-state index contributed by atoms with van der Waals surface area (Å²) in [5.74, 6) is 0.0142. The molecular weight excluding hydrogens is 308 g/mol. The number of amides is 1. The van der Waals surface area contributed by atoms with Crippen LogP contribution in [0.5, 0.6) is 0 Å². The van der Waals surface area contributed by atoms with Crippen LogP contribution in [0.2, 0.25) is 0 Å². The van der Waals surface area contributed by atoms with E-state index in [4.69, 9.17) is 9.15 Å². The smallest absolute Gasteiger partial charge is 0.415 e. The first-order chi connectivity index (χ1) is 10.3. The standard InChI is InChI=1S/C14H16N2O5S/c1-14(2,3)21-13(18)16-12-15-6-9(20-12)10-5-8(7-22-10)11(17)19-4/h5-7H,1-4H3,(H,15,16,18). The van der Waals surface area contributed by atoms with E-state index in [1.54, 1.807) is 32.2 Å². The zero-order valence-electron chi connectivity index (χ0n) is 12.6. The second-order valence-corrected chi connectivity index (χ2v) is 6.26. The summed E-state index contributed by atoms with van der Waals surface area (Å²) in [6, 6.07) is 1.66. The van der Waals surface area contributed by atoms with Crippen LogP contribution in [0.4, 0.5) is 10.8 Å². The van der Waals surface area contributed by atoms with Crippen molar-refractivity contribution in [2.24, 2.45) is 0 Å². The molecule has 1 N–H and O–H groups in total. The average molecular weight is 324 g/mol. The molecule has 7 nitrogen and oxygen atoms in total. The molecule has 0 atom stereocenters. The Morgan fingerprint density at radius 2 is 2.09 bits per heavy atom. The molecule has 118 valence electrons. The molecule has 0 radical (unpaired) electrons. The molecule has 0 aromatic carbocycles. The number of nitrogens with one attached hydrogen (secondary N) is 1. The lowest BCUT2D eigenvalue weighted by molar-refractivity contribution is 0.0598. The fraction of sp³-hybridized carbons (Fsp3) is 0.357. The molecule has 2 aromatic heterocycles. The molecule has 1 amide bonds. The van der Waals surface area contributed by atoms with Gasteiger partial charge in [-0.25, -0.2) is 19.9 Å². The maximum Gasteiger partial charge on any atom is 0.415 e. The van der Waals surface area contributed by atoms with Crippen molar-refractivity contribution in [2.75, 3.05) is 12.4 Å². The van der Waals surface area contributed by atoms with Gasteiger partial charge in [-0.3, -0.25) is 0 Å². The molecule has 0 spiro atoms. The number of rotatable bonds is 3. The zero-order chi connectivity index (χ0) is 16.3. The number of carbonyl (C=O) groups excluding carboxylic acids is 2. The number of ether oxygens (including phenoxy) is 2. The maximum atomic E-state index is 11.6. The largest absolute Gasteiger partial charge is 0.465 e. The summed E-state index contributed by atoms with van der Waals surface area (Å²) >= 11 is 1.31. The molecule has 0 saturated heterocycles. The van der Waals surface area contributed by atoms with Crippen LogP contribution in [0.1, 0.15) is 31.1 Å². The molecule has 0 aliphatic heterocycles. The topological polar surface area (TPSA) is 90.7 Å². The van der Waals surface area contributed by atoms with E-state index in [0.29, 0.717) is 16.2 Å². The number of thiophene rings is 1. The van der Waals surface area contributed by atoms with E-state index in [0.717, 1.165) is 0 Å². The molecule has 0 fully saturated rings. The van der Waals surface area contributed by atoms with Crippen molar-refractivity contribution in [1.82, 2.24) is 4.98 Å². The molecular formula is C14H16N2O5S. The lowest BCUT2D eigenvalue weighted by atomic mass is 10.2. The predicted octanol–water partition coefficient (Wildman–Crippen LogP) is 3.54. The first-order valence-electron chi connectivity index (χ1n) is 6.41. The van der Waals surface area contributed by atoms with Crippen molar-refractivity contribution < 1.29 is 23.5 Å². The first kappa shape index (κ1) is 16.0. The van der Waals surface area contributed by atoms with Gasteiger partial charge in [0.25, 0.3) is 0 Å². The van der Waals surface area contributed by atoms with Gasteiger partial charge in [0.1, 0.15) is 5.60 Å². The average Bonchev–Trinajstić information content (AvgIpc) is 3.03. The number of hydrogen-bond acceptors (Lipinski definition) is 7. The highest BCUT2D eigenvalue weighted by molar-refractivity contribution is 7.13. The number of methoxy groups -OCH3 is 1. The summed E-state index contributed by atoms with van der Waals surface area (Å²) in [5, 5.41) is 4.06. The van der Waals surface area contributed by atoms with E-state index in [-0.39, 0.29) is 6.01 Å². The Kier molecular flexibility index (Phi) is 4.51. The van der Waals surface area contributed by atoms with Crippen LogP contribution >= 0.6 is 11.3 Å². The normalized spacial score (nSPS) is 11.1. The van der Waals surface area contributed by atoms with E-state index < -0.39 is 17.7 Å². The summed E-state index contributed by atoms with van der Waals surface area (Å²) in [5.41, 5.74) is -0.177. The number of carbonyl (C=O) groups is 2. The molecule has 0 bridgehead atoms. The van der Waals surface area contributed by atoms with Crippen molar-refractivity contribution in [1.29, 1.82) is 0 Å². The first-order valence-corrected chi connectivity index (χ1v) is 7.29. The number of hydrogen-bond donors (Lipinski definition) is 1. The Hall–Kier alpha value is -2.35. The summed E-state index contributed by atoms with van der Waals surface area (Å²) in [6.45, 7) is 5.27. The van der Waals surface area contributed by atoms with E-state index in [1.807, 2.05) is 0 Å². The van der Waals surface area contributed by atoms with Crippen molar-refractivity contribution >= 4 is 29.4 Å². The van der Waals surface area contributed by atoms with Gasteiger partial charge in [-0.1, -0.05) is 0 Å². The third-order valence-corrected chi connectivity index (χ3v) is 3.32. The van der Waals surface area contributed by atoms with Gasteiger partial charge in [0.15, 0.2) is 5.76 Å². The number of esters is 1. The SMILES string of the molecule is COC(=O)c1csc(-c2cnc(NC(=O)OC(C)(C)C)o2)c1. The van der Waals surface area contributed by atoms with Crippen LogP contribution in [0.3, 0.4) is 0 Å². The fourth-order valence-electron chi connectivity index (χ4n) is 1.53. The highest BCUT2D eigenvalue weighted by Crippen LogP contribution is 2.29. The Morgan fingerprint density at radius 1 is 1.36 bits per heavy atom. The lowest BCUT2D eigenvalue weighted by Crippen LogP contribution is -2.27. The Balaban J connectivity index is 2.07. The van der Waals surface area contributed by atoms with E-state index >= 15 is 0 Å².